The van der Waals surface area contributed by atoms with E-state index < -0.39 is 0 Å². The van der Waals surface area contributed by atoms with Crippen molar-refractivity contribution in [2.24, 2.45) is 0 Å². The molecule has 4 rings (SSSR count). The third-order valence-corrected chi connectivity index (χ3v) is 5.09. The second-order valence-corrected chi connectivity index (χ2v) is 7.01. The standard InChI is InChI=1S/C25H21NO5/c1-15-21-12-9-18(26-25(28)16-7-10-19(29-2)11-8-16)14-22(21)31-24(15)23(27)17-5-4-6-20(13-17)30-3/h4-14H,1-3H3,(H,26,28). The molecule has 0 unspecified atom stereocenters. The zero-order valence-corrected chi connectivity index (χ0v) is 17.4. The van der Waals surface area contributed by atoms with Crippen molar-refractivity contribution in [1.29, 1.82) is 0 Å². The molecular weight excluding hydrogens is 394 g/mol. The summed E-state index contributed by atoms with van der Waals surface area (Å²) in [6.45, 7) is 1.84. The molecule has 1 N–H and O–H groups in total. The van der Waals surface area contributed by atoms with E-state index in [0.717, 1.165) is 10.9 Å². The number of ketones is 1. The minimum Gasteiger partial charge on any atom is -0.497 e. The van der Waals surface area contributed by atoms with Gasteiger partial charge in [-0.15, -0.1) is 0 Å². The Hall–Kier alpha value is -4.06. The normalized spacial score (nSPS) is 10.7. The second-order valence-electron chi connectivity index (χ2n) is 7.01. The predicted molar refractivity (Wildman–Crippen MR) is 118 cm³/mol. The highest BCUT2D eigenvalue weighted by Crippen LogP contribution is 2.30. The van der Waals surface area contributed by atoms with Crippen molar-refractivity contribution < 1.29 is 23.5 Å². The van der Waals surface area contributed by atoms with Gasteiger partial charge in [-0.05, 0) is 55.5 Å². The van der Waals surface area contributed by atoms with Gasteiger partial charge in [0.15, 0.2) is 5.76 Å². The number of methoxy groups -OCH3 is 2. The van der Waals surface area contributed by atoms with Crippen molar-refractivity contribution in [2.45, 2.75) is 6.92 Å². The Bertz CT molecular complexity index is 1270. The van der Waals surface area contributed by atoms with Gasteiger partial charge in [0, 0.05) is 33.8 Å². The maximum atomic E-state index is 13.0. The lowest BCUT2D eigenvalue weighted by Crippen LogP contribution is -2.11. The molecule has 0 aliphatic heterocycles. The Kier molecular flexibility index (Phi) is 5.45. The van der Waals surface area contributed by atoms with E-state index in [1.54, 1.807) is 74.9 Å². The molecule has 6 nitrogen and oxygen atoms in total. The van der Waals surface area contributed by atoms with E-state index in [9.17, 15) is 9.59 Å². The largest absolute Gasteiger partial charge is 0.497 e. The van der Waals surface area contributed by atoms with Gasteiger partial charge in [0.25, 0.3) is 5.91 Å². The minimum atomic E-state index is -0.252. The molecule has 0 radical (unpaired) electrons. The molecule has 0 fully saturated rings. The van der Waals surface area contributed by atoms with Gasteiger partial charge in [-0.1, -0.05) is 12.1 Å². The number of hydrogen-bond acceptors (Lipinski definition) is 5. The Morgan fingerprint density at radius 2 is 1.58 bits per heavy atom. The van der Waals surface area contributed by atoms with Crippen molar-refractivity contribution >= 4 is 28.3 Å². The summed E-state index contributed by atoms with van der Waals surface area (Å²) in [6.07, 6.45) is 0. The number of carbonyl (C=O) groups is 2. The molecule has 156 valence electrons. The highest BCUT2D eigenvalue weighted by Gasteiger charge is 2.20. The van der Waals surface area contributed by atoms with Crippen molar-refractivity contribution in [3.05, 3.63) is 89.2 Å². The number of amides is 1. The first-order valence-corrected chi connectivity index (χ1v) is 9.67. The lowest BCUT2D eigenvalue weighted by Gasteiger charge is -2.06. The molecule has 0 aliphatic carbocycles. The van der Waals surface area contributed by atoms with Crippen molar-refractivity contribution in [2.75, 3.05) is 19.5 Å². The van der Waals surface area contributed by atoms with Gasteiger partial charge in [0.1, 0.15) is 17.1 Å². The molecule has 0 aliphatic rings. The number of nitrogens with one attached hydrogen (secondary N) is 1. The lowest BCUT2D eigenvalue weighted by molar-refractivity contribution is 0.101. The summed E-state index contributed by atoms with van der Waals surface area (Å²) in [6, 6.07) is 19.1. The highest BCUT2D eigenvalue weighted by atomic mass is 16.5. The molecule has 1 amide bonds. The average molecular weight is 415 g/mol. The number of furan rings is 1. The average Bonchev–Trinajstić information content (AvgIpc) is 3.14. The van der Waals surface area contributed by atoms with Crippen LogP contribution >= 0.6 is 0 Å². The Morgan fingerprint density at radius 3 is 2.29 bits per heavy atom. The van der Waals surface area contributed by atoms with Crippen molar-refractivity contribution in [1.82, 2.24) is 0 Å². The van der Waals surface area contributed by atoms with Crippen LogP contribution in [0.5, 0.6) is 11.5 Å². The van der Waals surface area contributed by atoms with Crippen LogP contribution in [-0.2, 0) is 0 Å². The molecule has 3 aromatic carbocycles. The first kappa shape index (κ1) is 20.2. The summed E-state index contributed by atoms with van der Waals surface area (Å²) in [5.74, 6) is 1.07. The Labute approximate surface area is 179 Å². The van der Waals surface area contributed by atoms with E-state index in [1.807, 2.05) is 13.0 Å². The minimum absolute atomic E-state index is 0.226. The molecule has 0 atom stereocenters. The summed E-state index contributed by atoms with van der Waals surface area (Å²) in [5, 5.41) is 3.66. The molecule has 1 aromatic heterocycles. The van der Waals surface area contributed by atoms with Crippen LogP contribution in [0.25, 0.3) is 11.0 Å². The fourth-order valence-corrected chi connectivity index (χ4v) is 3.36. The number of anilines is 1. The van der Waals surface area contributed by atoms with Crippen molar-refractivity contribution in [3.8, 4) is 11.5 Å². The van der Waals surface area contributed by atoms with E-state index in [0.29, 0.717) is 33.9 Å². The number of fused-ring (bicyclic) bond motifs is 1. The first-order valence-electron chi connectivity index (χ1n) is 9.67. The molecule has 6 heteroatoms. The monoisotopic (exact) mass is 415 g/mol. The van der Waals surface area contributed by atoms with Crippen LogP contribution in [0.4, 0.5) is 5.69 Å². The topological polar surface area (TPSA) is 77.8 Å². The fourth-order valence-electron chi connectivity index (χ4n) is 3.36. The van der Waals surface area contributed by atoms with Gasteiger partial charge in [-0.3, -0.25) is 9.59 Å². The molecule has 0 saturated heterocycles. The summed E-state index contributed by atoms with van der Waals surface area (Å²) in [4.78, 5) is 25.5. The quantitative estimate of drug-likeness (QED) is 0.436. The zero-order chi connectivity index (χ0) is 22.0. The smallest absolute Gasteiger partial charge is 0.255 e. The van der Waals surface area contributed by atoms with E-state index in [4.69, 9.17) is 13.9 Å². The van der Waals surface area contributed by atoms with Crippen LogP contribution < -0.4 is 14.8 Å². The number of ether oxygens (including phenoxy) is 2. The van der Waals surface area contributed by atoms with Gasteiger partial charge in [-0.2, -0.15) is 0 Å². The Balaban J connectivity index is 1.61. The molecule has 1 heterocycles. The van der Waals surface area contributed by atoms with Crippen molar-refractivity contribution in [3.63, 3.8) is 0 Å². The van der Waals surface area contributed by atoms with Gasteiger partial charge in [0.05, 0.1) is 14.2 Å². The zero-order valence-electron chi connectivity index (χ0n) is 17.4. The molecule has 4 aromatic rings. The van der Waals surface area contributed by atoms with Crippen LogP contribution in [0, 0.1) is 6.92 Å². The number of benzene rings is 3. The maximum Gasteiger partial charge on any atom is 0.255 e. The van der Waals surface area contributed by atoms with E-state index in [1.165, 1.54) is 0 Å². The third kappa shape index (κ3) is 4.00. The molecule has 31 heavy (non-hydrogen) atoms. The molecule has 0 saturated carbocycles. The van der Waals surface area contributed by atoms with E-state index in [-0.39, 0.29) is 17.5 Å². The van der Waals surface area contributed by atoms with Gasteiger partial charge in [0.2, 0.25) is 5.78 Å². The van der Waals surface area contributed by atoms with Gasteiger partial charge < -0.3 is 19.2 Å². The summed E-state index contributed by atoms with van der Waals surface area (Å²) in [7, 11) is 3.13. The third-order valence-electron chi connectivity index (χ3n) is 5.09. The number of aryl methyl sites for hydroxylation is 1. The molecule has 0 bridgehead atoms. The molecule has 0 spiro atoms. The second kappa shape index (κ2) is 8.36. The number of rotatable bonds is 6. The summed E-state index contributed by atoms with van der Waals surface area (Å²) < 4.78 is 16.2. The summed E-state index contributed by atoms with van der Waals surface area (Å²) in [5.41, 5.74) is 2.83. The number of carbonyl (C=O) groups excluding carboxylic acids is 2. The maximum absolute atomic E-state index is 13.0. The predicted octanol–water partition coefficient (Wildman–Crippen LogP) is 5.24. The van der Waals surface area contributed by atoms with Crippen LogP contribution in [-0.4, -0.2) is 25.9 Å². The van der Waals surface area contributed by atoms with Crippen LogP contribution in [0.15, 0.2) is 71.1 Å². The van der Waals surface area contributed by atoms with Gasteiger partial charge in [-0.25, -0.2) is 0 Å². The van der Waals surface area contributed by atoms with Gasteiger partial charge >= 0.3 is 0 Å². The summed E-state index contributed by atoms with van der Waals surface area (Å²) >= 11 is 0. The fraction of sp³-hybridized carbons (Fsp3) is 0.120. The Morgan fingerprint density at radius 1 is 0.839 bits per heavy atom. The molecular formula is C25H21NO5. The van der Waals surface area contributed by atoms with E-state index in [2.05, 4.69) is 5.32 Å². The highest BCUT2D eigenvalue weighted by molar-refractivity contribution is 6.11. The first-order chi connectivity index (χ1) is 15.0. The SMILES string of the molecule is COc1ccc(C(=O)Nc2ccc3c(C)c(C(=O)c4cccc(OC)c4)oc3c2)cc1. The number of hydrogen-bond donors (Lipinski definition) is 1. The van der Waals surface area contributed by atoms with Crippen LogP contribution in [0.2, 0.25) is 0 Å². The van der Waals surface area contributed by atoms with Crippen LogP contribution in [0.3, 0.4) is 0 Å². The van der Waals surface area contributed by atoms with E-state index >= 15 is 0 Å². The van der Waals surface area contributed by atoms with Crippen LogP contribution in [0.1, 0.15) is 32.0 Å². The lowest BCUT2D eigenvalue weighted by atomic mass is 10.0.